The van der Waals surface area contributed by atoms with E-state index >= 15 is 0 Å². The molecule has 0 radical (unpaired) electrons. The fourth-order valence-electron chi connectivity index (χ4n) is 3.20. The van der Waals surface area contributed by atoms with E-state index < -0.39 is 11.3 Å². The van der Waals surface area contributed by atoms with Crippen LogP contribution in [0.25, 0.3) is 5.52 Å². The van der Waals surface area contributed by atoms with Crippen LogP contribution in [0.3, 0.4) is 0 Å². The van der Waals surface area contributed by atoms with Crippen LogP contribution in [0.15, 0.2) is 24.5 Å². The lowest BCUT2D eigenvalue weighted by molar-refractivity contribution is 0.0619. The summed E-state index contributed by atoms with van der Waals surface area (Å²) in [5.74, 6) is -2.87. The second-order valence-corrected chi connectivity index (χ2v) is 5.99. The molecular weight excluding hydrogens is 278 g/mol. The molecule has 1 amide bonds. The van der Waals surface area contributed by atoms with E-state index in [4.69, 9.17) is 5.73 Å². The standard InChI is InChI=1S/C14H14F2N4O/c15-14(16)7-13(14)2-4-19(8-13)12(21)10-6-18-20-3-1-9(17)5-11(10)20/h1,3,5-6H,2,4,7-8,17H2. The molecular formula is C14H14F2N4O. The van der Waals surface area contributed by atoms with Gasteiger partial charge in [-0.25, -0.2) is 13.3 Å². The van der Waals surface area contributed by atoms with Crippen molar-refractivity contribution >= 4 is 17.1 Å². The summed E-state index contributed by atoms with van der Waals surface area (Å²) < 4.78 is 28.4. The Bertz CT molecular complexity index is 757. The summed E-state index contributed by atoms with van der Waals surface area (Å²) in [6.45, 7) is 0.493. The van der Waals surface area contributed by atoms with Crippen LogP contribution in [0.5, 0.6) is 0 Å². The zero-order valence-electron chi connectivity index (χ0n) is 11.2. The quantitative estimate of drug-likeness (QED) is 0.871. The summed E-state index contributed by atoms with van der Waals surface area (Å²) in [5, 5.41) is 4.10. The van der Waals surface area contributed by atoms with Gasteiger partial charge in [-0.15, -0.1) is 0 Å². The number of carbonyl (C=O) groups is 1. The molecule has 1 atom stereocenters. The SMILES string of the molecule is Nc1ccn2ncc(C(=O)N3CCC4(C3)CC4(F)F)c2c1. The summed E-state index contributed by atoms with van der Waals surface area (Å²) >= 11 is 0. The molecule has 1 unspecified atom stereocenters. The smallest absolute Gasteiger partial charge is 0.257 e. The molecule has 21 heavy (non-hydrogen) atoms. The maximum absolute atomic E-state index is 13.4. The van der Waals surface area contributed by atoms with Gasteiger partial charge in [0.05, 0.1) is 22.7 Å². The minimum absolute atomic E-state index is 0.106. The Kier molecular flexibility index (Phi) is 2.22. The molecule has 7 heteroatoms. The fraction of sp³-hybridized carbons (Fsp3) is 0.429. The molecule has 2 aromatic rings. The van der Waals surface area contributed by atoms with Gasteiger partial charge < -0.3 is 10.6 Å². The van der Waals surface area contributed by atoms with Crippen LogP contribution in [-0.4, -0.2) is 39.4 Å². The van der Waals surface area contributed by atoms with Gasteiger partial charge in [-0.2, -0.15) is 5.10 Å². The van der Waals surface area contributed by atoms with E-state index in [1.807, 2.05) is 0 Å². The van der Waals surface area contributed by atoms with Crippen LogP contribution in [0.2, 0.25) is 0 Å². The lowest BCUT2D eigenvalue weighted by Gasteiger charge is -2.15. The van der Waals surface area contributed by atoms with Gasteiger partial charge in [0.1, 0.15) is 0 Å². The number of nitrogen functional groups attached to an aromatic ring is 1. The lowest BCUT2D eigenvalue weighted by Crippen LogP contribution is -2.29. The third kappa shape index (κ3) is 1.66. The average Bonchev–Trinajstić information content (AvgIpc) is 2.82. The van der Waals surface area contributed by atoms with E-state index in [0.29, 0.717) is 29.7 Å². The first-order valence-electron chi connectivity index (χ1n) is 6.82. The van der Waals surface area contributed by atoms with Crippen LogP contribution in [0.4, 0.5) is 14.5 Å². The molecule has 2 fully saturated rings. The second-order valence-electron chi connectivity index (χ2n) is 5.99. The number of amides is 1. The van der Waals surface area contributed by atoms with Crippen molar-refractivity contribution < 1.29 is 13.6 Å². The molecule has 1 saturated heterocycles. The number of anilines is 1. The molecule has 1 aliphatic carbocycles. The molecule has 1 spiro atoms. The van der Waals surface area contributed by atoms with Crippen LogP contribution < -0.4 is 5.73 Å². The fourth-order valence-corrected chi connectivity index (χ4v) is 3.20. The molecule has 0 bridgehead atoms. The highest BCUT2D eigenvalue weighted by Gasteiger charge is 2.73. The van der Waals surface area contributed by atoms with Gasteiger partial charge in [-0.1, -0.05) is 0 Å². The van der Waals surface area contributed by atoms with Gasteiger partial charge in [0.25, 0.3) is 11.8 Å². The van der Waals surface area contributed by atoms with Crippen molar-refractivity contribution in [3.05, 3.63) is 30.1 Å². The number of halogens is 2. The number of carbonyl (C=O) groups excluding carboxylic acids is 1. The summed E-state index contributed by atoms with van der Waals surface area (Å²) in [7, 11) is 0. The van der Waals surface area contributed by atoms with E-state index in [0.717, 1.165) is 0 Å². The maximum atomic E-state index is 13.4. The Balaban J connectivity index is 1.64. The Labute approximate surface area is 119 Å². The van der Waals surface area contributed by atoms with Crippen molar-refractivity contribution in [2.75, 3.05) is 18.8 Å². The Morgan fingerprint density at radius 2 is 2.19 bits per heavy atom. The number of likely N-dealkylation sites (tertiary alicyclic amines) is 1. The van der Waals surface area contributed by atoms with E-state index in [9.17, 15) is 13.6 Å². The zero-order valence-corrected chi connectivity index (χ0v) is 11.2. The van der Waals surface area contributed by atoms with Gasteiger partial charge in [-0.3, -0.25) is 4.79 Å². The number of rotatable bonds is 1. The molecule has 110 valence electrons. The van der Waals surface area contributed by atoms with Crippen LogP contribution in [0.1, 0.15) is 23.2 Å². The predicted molar refractivity (Wildman–Crippen MR) is 72.1 cm³/mol. The molecule has 5 nitrogen and oxygen atoms in total. The third-order valence-electron chi connectivity index (χ3n) is 4.63. The highest BCUT2D eigenvalue weighted by atomic mass is 19.3. The second kappa shape index (κ2) is 3.72. The number of hydrogen-bond donors (Lipinski definition) is 1. The molecule has 4 rings (SSSR count). The van der Waals surface area contributed by atoms with Crippen LogP contribution in [0, 0.1) is 5.41 Å². The Morgan fingerprint density at radius 1 is 1.43 bits per heavy atom. The first-order chi connectivity index (χ1) is 9.92. The number of nitrogens with two attached hydrogens (primary N) is 1. The van der Waals surface area contributed by atoms with Crippen molar-refractivity contribution in [1.82, 2.24) is 14.5 Å². The molecule has 1 saturated carbocycles. The van der Waals surface area contributed by atoms with E-state index in [1.165, 1.54) is 11.1 Å². The van der Waals surface area contributed by atoms with Gasteiger partial charge in [-0.05, 0) is 18.6 Å². The van der Waals surface area contributed by atoms with Crippen molar-refractivity contribution in [2.24, 2.45) is 5.41 Å². The number of nitrogens with zero attached hydrogens (tertiary/aromatic N) is 3. The van der Waals surface area contributed by atoms with Crippen LogP contribution >= 0.6 is 0 Å². The third-order valence-corrected chi connectivity index (χ3v) is 4.63. The normalized spacial score (nSPS) is 26.7. The zero-order chi connectivity index (χ0) is 14.8. The van der Waals surface area contributed by atoms with Crippen molar-refractivity contribution in [3.63, 3.8) is 0 Å². The lowest BCUT2D eigenvalue weighted by atomic mass is 10.1. The van der Waals surface area contributed by atoms with Crippen molar-refractivity contribution in [1.29, 1.82) is 0 Å². The molecule has 2 N–H and O–H groups in total. The Morgan fingerprint density at radius 3 is 2.86 bits per heavy atom. The molecule has 2 aromatic heterocycles. The monoisotopic (exact) mass is 292 g/mol. The van der Waals surface area contributed by atoms with Gasteiger partial charge in [0, 0.05) is 31.4 Å². The minimum Gasteiger partial charge on any atom is -0.399 e. The number of fused-ring (bicyclic) bond motifs is 1. The Hall–Kier alpha value is -2.18. The van der Waals surface area contributed by atoms with Crippen molar-refractivity contribution in [3.8, 4) is 0 Å². The minimum atomic E-state index is -2.62. The number of hydrogen-bond acceptors (Lipinski definition) is 3. The summed E-state index contributed by atoms with van der Waals surface area (Å²) in [5.41, 5.74) is 6.29. The first kappa shape index (κ1) is 12.6. The van der Waals surface area contributed by atoms with Crippen LogP contribution in [-0.2, 0) is 0 Å². The summed E-state index contributed by atoms with van der Waals surface area (Å²) in [4.78, 5) is 14.0. The topological polar surface area (TPSA) is 63.6 Å². The number of aromatic nitrogens is 2. The predicted octanol–water partition coefficient (Wildman–Crippen LogP) is 1.79. The molecule has 0 aromatic carbocycles. The van der Waals surface area contributed by atoms with Gasteiger partial charge in [0.15, 0.2) is 0 Å². The van der Waals surface area contributed by atoms with Crippen molar-refractivity contribution in [2.45, 2.75) is 18.8 Å². The molecule has 1 aliphatic heterocycles. The van der Waals surface area contributed by atoms with E-state index in [2.05, 4.69) is 5.10 Å². The number of pyridine rings is 1. The van der Waals surface area contributed by atoms with Gasteiger partial charge in [0.2, 0.25) is 0 Å². The summed E-state index contributed by atoms with van der Waals surface area (Å²) in [6.07, 6.45) is 3.40. The first-order valence-corrected chi connectivity index (χ1v) is 6.82. The summed E-state index contributed by atoms with van der Waals surface area (Å²) in [6, 6.07) is 3.35. The van der Waals surface area contributed by atoms with Gasteiger partial charge >= 0.3 is 0 Å². The maximum Gasteiger partial charge on any atom is 0.257 e. The highest BCUT2D eigenvalue weighted by molar-refractivity contribution is 6.01. The average molecular weight is 292 g/mol. The molecule has 2 aliphatic rings. The van der Waals surface area contributed by atoms with E-state index in [-0.39, 0.29) is 18.9 Å². The van der Waals surface area contributed by atoms with E-state index in [1.54, 1.807) is 22.8 Å². The largest absolute Gasteiger partial charge is 0.399 e. The number of alkyl halides is 2. The molecule has 3 heterocycles. The highest BCUT2D eigenvalue weighted by Crippen LogP contribution is 2.65.